The lowest BCUT2D eigenvalue weighted by atomic mass is 10.0. The van der Waals surface area contributed by atoms with Crippen molar-refractivity contribution in [3.63, 3.8) is 0 Å². The number of carbonyl (C=O) groups excluding carboxylic acids is 2. The van der Waals surface area contributed by atoms with Crippen LogP contribution in [-0.2, 0) is 11.3 Å². The maximum absolute atomic E-state index is 13.5. The van der Waals surface area contributed by atoms with Crippen molar-refractivity contribution in [2.45, 2.75) is 38.3 Å². The van der Waals surface area contributed by atoms with Gasteiger partial charge in [0.2, 0.25) is 5.91 Å². The van der Waals surface area contributed by atoms with Crippen molar-refractivity contribution in [2.75, 3.05) is 36.1 Å². The highest BCUT2D eigenvalue weighted by atomic mass is 35.5. The first-order valence-corrected chi connectivity index (χ1v) is 12.8. The summed E-state index contributed by atoms with van der Waals surface area (Å²) in [6.07, 6.45) is 2.99. The van der Waals surface area contributed by atoms with Gasteiger partial charge in [0.1, 0.15) is 5.88 Å². The molecule has 0 atom stereocenters. The van der Waals surface area contributed by atoms with Gasteiger partial charge in [0.25, 0.3) is 0 Å². The van der Waals surface area contributed by atoms with Crippen LogP contribution in [0.5, 0.6) is 0 Å². The van der Waals surface area contributed by atoms with Crippen molar-refractivity contribution in [2.24, 2.45) is 0 Å². The molecule has 3 amide bonds. The molecule has 1 saturated heterocycles. The molecule has 1 fully saturated rings. The van der Waals surface area contributed by atoms with E-state index >= 15 is 0 Å². The zero-order valence-corrected chi connectivity index (χ0v) is 21.5. The number of para-hydroxylation sites is 1. The van der Waals surface area contributed by atoms with E-state index in [2.05, 4.69) is 21.6 Å². The molecule has 0 unspecified atom stereocenters. The van der Waals surface area contributed by atoms with E-state index in [1.54, 1.807) is 29.2 Å². The molecule has 2 N–H and O–H groups in total. The monoisotopic (exact) mass is 535 g/mol. The van der Waals surface area contributed by atoms with Crippen LogP contribution in [0, 0.1) is 11.3 Å². The minimum absolute atomic E-state index is 0.00164. The number of anilines is 2. The van der Waals surface area contributed by atoms with Gasteiger partial charge in [-0.3, -0.25) is 4.79 Å². The second kappa shape index (κ2) is 13.6. The molecule has 0 radical (unpaired) electrons. The van der Waals surface area contributed by atoms with Crippen molar-refractivity contribution >= 4 is 58.1 Å². The number of nitrogens with zero attached hydrogens (tertiary/aromatic N) is 3. The summed E-state index contributed by atoms with van der Waals surface area (Å²) >= 11 is 17.8. The minimum Gasteiger partial charge on any atom is -0.325 e. The number of carbonyl (C=O) groups is 2. The number of piperidine rings is 1. The second-order valence-electron chi connectivity index (χ2n) is 8.36. The molecule has 186 valence electrons. The molecule has 0 aliphatic carbocycles. The van der Waals surface area contributed by atoms with Crippen LogP contribution in [0.25, 0.3) is 0 Å². The number of benzene rings is 2. The average molecular weight is 537 g/mol. The maximum atomic E-state index is 13.5. The summed E-state index contributed by atoms with van der Waals surface area (Å²) in [7, 11) is 0. The van der Waals surface area contributed by atoms with Gasteiger partial charge in [0, 0.05) is 43.5 Å². The van der Waals surface area contributed by atoms with E-state index in [9.17, 15) is 9.59 Å². The average Bonchev–Trinajstić information content (AvgIpc) is 2.86. The smallest absolute Gasteiger partial charge is 0.322 e. The number of rotatable bonds is 9. The number of urea groups is 1. The van der Waals surface area contributed by atoms with E-state index < -0.39 is 0 Å². The van der Waals surface area contributed by atoms with Crippen LogP contribution in [0.4, 0.5) is 16.2 Å². The van der Waals surface area contributed by atoms with E-state index in [0.29, 0.717) is 34.4 Å². The van der Waals surface area contributed by atoms with Crippen LogP contribution in [0.3, 0.4) is 0 Å². The molecule has 1 aliphatic rings. The third-order valence-electron chi connectivity index (χ3n) is 5.95. The predicted molar refractivity (Wildman–Crippen MR) is 141 cm³/mol. The van der Waals surface area contributed by atoms with Crippen molar-refractivity contribution in [1.82, 2.24) is 9.80 Å². The largest absolute Gasteiger partial charge is 0.325 e. The maximum Gasteiger partial charge on any atom is 0.322 e. The molecule has 0 bridgehead atoms. The summed E-state index contributed by atoms with van der Waals surface area (Å²) in [5, 5.41) is 15.3. The predicted octanol–water partition coefficient (Wildman–Crippen LogP) is 5.97. The van der Waals surface area contributed by atoms with Crippen LogP contribution in [-0.4, -0.2) is 53.3 Å². The molecule has 7 nitrogen and oxygen atoms in total. The summed E-state index contributed by atoms with van der Waals surface area (Å²) in [5.74, 6) is -0.461. The van der Waals surface area contributed by atoms with Crippen LogP contribution >= 0.6 is 34.8 Å². The highest BCUT2D eigenvalue weighted by Crippen LogP contribution is 2.27. The Labute approximate surface area is 220 Å². The highest BCUT2D eigenvalue weighted by Gasteiger charge is 2.29. The number of hydrogen-bond donors (Lipinski definition) is 2. The lowest BCUT2D eigenvalue weighted by Gasteiger charge is -2.38. The topological polar surface area (TPSA) is 88.5 Å². The Morgan fingerprint density at radius 2 is 1.83 bits per heavy atom. The Morgan fingerprint density at radius 1 is 1.09 bits per heavy atom. The summed E-state index contributed by atoms with van der Waals surface area (Å²) in [4.78, 5) is 29.5. The second-order valence-corrected chi connectivity index (χ2v) is 9.44. The number of amides is 3. The van der Waals surface area contributed by atoms with Gasteiger partial charge >= 0.3 is 6.03 Å². The third-order valence-corrected chi connectivity index (χ3v) is 6.93. The number of alkyl halides is 1. The molecule has 3 rings (SSSR count). The molecule has 0 spiro atoms. The van der Waals surface area contributed by atoms with Crippen LogP contribution in [0.15, 0.2) is 42.5 Å². The SMILES string of the molecule is N#CCCCN1CCC(N(Cc2ccccc2NC(=O)CCl)C(=O)Nc2ccc(Cl)c(Cl)c2)CC1. The molecule has 35 heavy (non-hydrogen) atoms. The highest BCUT2D eigenvalue weighted by molar-refractivity contribution is 6.42. The van der Waals surface area contributed by atoms with Gasteiger partial charge in [-0.15, -0.1) is 11.6 Å². The first kappa shape index (κ1) is 27.1. The number of nitrogens with one attached hydrogen (secondary N) is 2. The standard InChI is InChI=1S/C25H28Cl3N5O2/c26-16-24(34)31-23-6-2-1-5-18(23)17-33(20-9-13-32(14-10-20)12-4-3-11-29)25(35)30-19-7-8-21(27)22(28)15-19/h1-2,5-8,15,20H,3-4,9-10,12-14,16-17H2,(H,30,35)(H,31,34). The van der Waals surface area contributed by atoms with Gasteiger partial charge in [0.05, 0.1) is 16.1 Å². The van der Waals surface area contributed by atoms with Gasteiger partial charge in [-0.05, 0) is 55.6 Å². The van der Waals surface area contributed by atoms with Gasteiger partial charge in [-0.25, -0.2) is 4.79 Å². The zero-order valence-electron chi connectivity index (χ0n) is 19.3. The number of nitriles is 1. The minimum atomic E-state index is -0.309. The van der Waals surface area contributed by atoms with Gasteiger partial charge in [-0.1, -0.05) is 41.4 Å². The fourth-order valence-electron chi connectivity index (χ4n) is 4.12. The Kier molecular flexibility index (Phi) is 10.5. The molecule has 1 aliphatic heterocycles. The quantitative estimate of drug-likeness (QED) is 0.305. The summed E-state index contributed by atoms with van der Waals surface area (Å²) < 4.78 is 0. The fraction of sp³-hybridized carbons (Fsp3) is 0.400. The lowest BCUT2D eigenvalue weighted by Crippen LogP contribution is -2.48. The van der Waals surface area contributed by atoms with Crippen molar-refractivity contribution in [3.8, 4) is 6.07 Å². The molecule has 0 saturated carbocycles. The summed E-state index contributed by atoms with van der Waals surface area (Å²) in [6.45, 7) is 2.88. The van der Waals surface area contributed by atoms with Crippen molar-refractivity contribution < 1.29 is 9.59 Å². The fourth-order valence-corrected chi connectivity index (χ4v) is 4.48. The van der Waals surface area contributed by atoms with Crippen LogP contribution < -0.4 is 10.6 Å². The molecular formula is C25H28Cl3N5O2. The van der Waals surface area contributed by atoms with Gasteiger partial charge < -0.3 is 20.4 Å². The van der Waals surface area contributed by atoms with E-state index in [1.165, 1.54) is 0 Å². The van der Waals surface area contributed by atoms with E-state index in [1.807, 2.05) is 18.2 Å². The number of halogens is 3. The molecular weight excluding hydrogens is 509 g/mol. The van der Waals surface area contributed by atoms with Crippen molar-refractivity contribution in [3.05, 3.63) is 58.1 Å². The Bertz CT molecular complexity index is 1070. The molecule has 2 aromatic rings. The number of likely N-dealkylation sites (tertiary alicyclic amines) is 1. The van der Waals surface area contributed by atoms with Gasteiger partial charge in [0.15, 0.2) is 0 Å². The summed E-state index contributed by atoms with van der Waals surface area (Å²) in [5.41, 5.74) is 1.98. The Morgan fingerprint density at radius 3 is 2.51 bits per heavy atom. The van der Waals surface area contributed by atoms with Crippen LogP contribution in [0.2, 0.25) is 10.0 Å². The van der Waals surface area contributed by atoms with E-state index in [4.69, 9.17) is 40.1 Å². The molecule has 10 heteroatoms. The first-order chi connectivity index (χ1) is 16.9. The van der Waals surface area contributed by atoms with Gasteiger partial charge in [-0.2, -0.15) is 5.26 Å². The number of unbranched alkanes of at least 4 members (excludes halogenated alkanes) is 1. The Hall–Kier alpha value is -2.50. The van der Waals surface area contributed by atoms with Crippen molar-refractivity contribution in [1.29, 1.82) is 5.26 Å². The van der Waals surface area contributed by atoms with E-state index in [-0.39, 0.29) is 23.9 Å². The lowest BCUT2D eigenvalue weighted by molar-refractivity contribution is -0.113. The molecule has 2 aromatic carbocycles. The molecule has 0 aromatic heterocycles. The molecule has 1 heterocycles. The Balaban J connectivity index is 1.78. The summed E-state index contributed by atoms with van der Waals surface area (Å²) in [6, 6.07) is 14.3. The third kappa shape index (κ3) is 8.01. The van der Waals surface area contributed by atoms with Crippen LogP contribution in [0.1, 0.15) is 31.2 Å². The van der Waals surface area contributed by atoms with E-state index in [0.717, 1.165) is 44.5 Å². The number of hydrogen-bond acceptors (Lipinski definition) is 4. The first-order valence-electron chi connectivity index (χ1n) is 11.5. The zero-order chi connectivity index (χ0) is 25.2. The normalized spacial score (nSPS) is 14.2.